The van der Waals surface area contributed by atoms with Crippen molar-refractivity contribution in [1.82, 2.24) is 4.98 Å². The van der Waals surface area contributed by atoms with Crippen molar-refractivity contribution >= 4 is 12.1 Å². The van der Waals surface area contributed by atoms with E-state index in [0.717, 1.165) is 11.6 Å². The normalized spacial score (nSPS) is 11.7. The van der Waals surface area contributed by atoms with Gasteiger partial charge in [0.15, 0.2) is 0 Å². The molecular weight excluding hydrogens is 194 g/mol. The molecule has 1 heterocycles. The van der Waals surface area contributed by atoms with Crippen LogP contribution >= 0.6 is 0 Å². The number of hydrogen-bond acceptors (Lipinski definition) is 4. The van der Waals surface area contributed by atoms with Gasteiger partial charge < -0.3 is 0 Å². The minimum absolute atomic E-state index is 0.420. The Morgan fingerprint density at radius 3 is 2.93 bits per heavy atom. The van der Waals surface area contributed by atoms with Gasteiger partial charge in [0.2, 0.25) is 0 Å². The maximum atomic E-state index is 10.6. The van der Waals surface area contributed by atoms with Crippen molar-refractivity contribution in [2.45, 2.75) is 6.92 Å². The van der Waals surface area contributed by atoms with E-state index in [4.69, 9.17) is 0 Å². The number of aliphatic imine (C=N–C) groups is 1. The number of allylic oxidation sites excluding steroid dienone is 1. The molecule has 5 heteroatoms. The van der Waals surface area contributed by atoms with Crippen LogP contribution in [-0.4, -0.2) is 17.1 Å². The molecule has 0 unspecified atom stereocenters. The lowest BCUT2D eigenvalue weighted by Crippen LogP contribution is -1.87. The first-order valence-corrected chi connectivity index (χ1v) is 4.22. The second kappa shape index (κ2) is 5.54. The zero-order valence-electron chi connectivity index (χ0n) is 8.12. The Morgan fingerprint density at radius 2 is 2.33 bits per heavy atom. The topological polar surface area (TPSA) is 71.8 Å². The fourth-order valence-electron chi connectivity index (χ4n) is 0.871. The molecule has 0 fully saturated rings. The van der Waals surface area contributed by atoms with Gasteiger partial charge in [-0.15, -0.1) is 4.91 Å². The third-order valence-corrected chi connectivity index (χ3v) is 1.52. The molecule has 5 nitrogen and oxygen atoms in total. The van der Waals surface area contributed by atoms with Crippen molar-refractivity contribution in [2.24, 2.45) is 10.2 Å². The van der Waals surface area contributed by atoms with E-state index in [9.17, 15) is 9.70 Å². The number of rotatable bonds is 3. The molecule has 0 aliphatic rings. The average Bonchev–Trinajstić information content (AvgIpc) is 2.27. The number of nitroso groups, excluding NO2 is 1. The van der Waals surface area contributed by atoms with Gasteiger partial charge in [-0.05, 0) is 13.0 Å². The predicted molar refractivity (Wildman–Crippen MR) is 56.4 cm³/mol. The Labute approximate surface area is 86.5 Å². The lowest BCUT2D eigenvalue weighted by Gasteiger charge is -1.91. The van der Waals surface area contributed by atoms with Gasteiger partial charge in [-0.2, -0.15) is 0 Å². The first kappa shape index (κ1) is 10.9. The second-order valence-electron chi connectivity index (χ2n) is 2.76. The summed E-state index contributed by atoms with van der Waals surface area (Å²) in [5, 5.41) is 2.23. The molecule has 0 atom stereocenters. The third-order valence-electron chi connectivity index (χ3n) is 1.52. The molecule has 15 heavy (non-hydrogen) atoms. The summed E-state index contributed by atoms with van der Waals surface area (Å²) >= 11 is 0. The van der Waals surface area contributed by atoms with Gasteiger partial charge in [-0.25, -0.2) is 0 Å². The Balaban J connectivity index is 2.70. The molecule has 76 valence electrons. The van der Waals surface area contributed by atoms with Crippen molar-refractivity contribution in [3.05, 3.63) is 46.8 Å². The molecule has 0 bridgehead atoms. The monoisotopic (exact) mass is 203 g/mol. The van der Waals surface area contributed by atoms with Crippen LogP contribution < -0.4 is 0 Å². The number of carbonyl (C=O) groups is 1. The Bertz CT molecular complexity index is 410. The van der Waals surface area contributed by atoms with Crippen molar-refractivity contribution in [3.8, 4) is 0 Å². The van der Waals surface area contributed by atoms with Crippen molar-refractivity contribution in [3.63, 3.8) is 0 Å². The molecular formula is C10H9N3O2. The highest BCUT2D eigenvalue weighted by atomic mass is 16.3. The van der Waals surface area contributed by atoms with Crippen LogP contribution in [0.1, 0.15) is 12.5 Å². The molecule has 1 aromatic rings. The SMILES string of the molecule is C/C(=C\C(=O)N=O)N=Cc1cccnc1. The van der Waals surface area contributed by atoms with E-state index in [1.165, 1.54) is 0 Å². The molecule has 0 saturated carbocycles. The van der Waals surface area contributed by atoms with E-state index in [-0.39, 0.29) is 0 Å². The summed E-state index contributed by atoms with van der Waals surface area (Å²) in [6.45, 7) is 1.61. The molecule has 0 saturated heterocycles. The number of carbonyl (C=O) groups excluding carboxylic acids is 1. The molecule has 1 aromatic heterocycles. The van der Waals surface area contributed by atoms with Crippen LogP contribution in [0.4, 0.5) is 0 Å². The van der Waals surface area contributed by atoms with E-state index in [1.807, 2.05) is 6.07 Å². The van der Waals surface area contributed by atoms with Gasteiger partial charge in [0.1, 0.15) is 0 Å². The number of amides is 1. The minimum Gasteiger partial charge on any atom is -0.264 e. The van der Waals surface area contributed by atoms with Gasteiger partial charge >= 0.3 is 5.91 Å². The van der Waals surface area contributed by atoms with Gasteiger partial charge in [0.05, 0.1) is 0 Å². The van der Waals surface area contributed by atoms with Crippen LogP contribution in [0.2, 0.25) is 0 Å². The molecule has 0 aromatic carbocycles. The van der Waals surface area contributed by atoms with Gasteiger partial charge in [-0.3, -0.25) is 14.8 Å². The lowest BCUT2D eigenvalue weighted by atomic mass is 10.3. The highest BCUT2D eigenvalue weighted by Crippen LogP contribution is 1.97. The standard InChI is InChI=1S/C10H9N3O2/c1-8(5-10(14)13-15)12-7-9-3-2-4-11-6-9/h2-7H,1H3/b8-5+,12-7?. The van der Waals surface area contributed by atoms with E-state index >= 15 is 0 Å². The summed E-state index contributed by atoms with van der Waals surface area (Å²) in [5.74, 6) is -0.837. The van der Waals surface area contributed by atoms with E-state index in [1.54, 1.807) is 31.6 Å². The van der Waals surface area contributed by atoms with Crippen molar-refractivity contribution < 1.29 is 4.79 Å². The van der Waals surface area contributed by atoms with Crippen LogP contribution in [-0.2, 0) is 4.79 Å². The summed E-state index contributed by atoms with van der Waals surface area (Å²) in [6, 6.07) is 3.60. The highest BCUT2D eigenvalue weighted by molar-refractivity contribution is 5.89. The van der Waals surface area contributed by atoms with Crippen molar-refractivity contribution in [1.29, 1.82) is 0 Å². The highest BCUT2D eigenvalue weighted by Gasteiger charge is 1.94. The summed E-state index contributed by atoms with van der Waals surface area (Å²) in [4.78, 5) is 28.3. The first-order chi connectivity index (χ1) is 7.22. The molecule has 0 radical (unpaired) electrons. The van der Waals surface area contributed by atoms with Crippen LogP contribution in [0.3, 0.4) is 0 Å². The van der Waals surface area contributed by atoms with Crippen LogP contribution in [0.25, 0.3) is 0 Å². The fourth-order valence-corrected chi connectivity index (χ4v) is 0.871. The summed E-state index contributed by atoms with van der Waals surface area (Å²) in [5.41, 5.74) is 1.24. The predicted octanol–water partition coefficient (Wildman–Crippen LogP) is 1.70. The summed E-state index contributed by atoms with van der Waals surface area (Å²) in [6.07, 6.45) is 5.91. The van der Waals surface area contributed by atoms with E-state index in [0.29, 0.717) is 5.70 Å². The maximum absolute atomic E-state index is 10.6. The number of aromatic nitrogens is 1. The second-order valence-corrected chi connectivity index (χ2v) is 2.76. The van der Waals surface area contributed by atoms with Gasteiger partial charge in [0, 0.05) is 41.1 Å². The number of pyridine rings is 1. The summed E-state index contributed by atoms with van der Waals surface area (Å²) < 4.78 is 0. The van der Waals surface area contributed by atoms with Crippen LogP contribution in [0.15, 0.2) is 46.5 Å². The smallest absolute Gasteiger partial charge is 0.264 e. The van der Waals surface area contributed by atoms with E-state index < -0.39 is 5.91 Å². The average molecular weight is 203 g/mol. The zero-order chi connectivity index (χ0) is 11.1. The fraction of sp³-hybridized carbons (Fsp3) is 0.100. The largest absolute Gasteiger partial charge is 0.311 e. The lowest BCUT2D eigenvalue weighted by molar-refractivity contribution is -0.113. The molecule has 0 N–H and O–H groups in total. The third kappa shape index (κ3) is 4.04. The summed E-state index contributed by atoms with van der Waals surface area (Å²) in [7, 11) is 0. The van der Waals surface area contributed by atoms with Gasteiger partial charge in [-0.1, -0.05) is 6.07 Å². The molecule has 0 aliphatic heterocycles. The maximum Gasteiger partial charge on any atom is 0.311 e. The van der Waals surface area contributed by atoms with Gasteiger partial charge in [0.25, 0.3) is 0 Å². The molecule has 1 amide bonds. The first-order valence-electron chi connectivity index (χ1n) is 4.22. The minimum atomic E-state index is -0.837. The molecule has 0 spiro atoms. The van der Waals surface area contributed by atoms with Crippen LogP contribution in [0.5, 0.6) is 0 Å². The van der Waals surface area contributed by atoms with E-state index in [2.05, 4.69) is 15.2 Å². The molecule has 1 rings (SSSR count). The Kier molecular flexibility index (Phi) is 4.03. The van der Waals surface area contributed by atoms with Crippen molar-refractivity contribution in [2.75, 3.05) is 0 Å². The quantitative estimate of drug-likeness (QED) is 0.426. The number of hydrogen-bond donors (Lipinski definition) is 0. The molecule has 0 aliphatic carbocycles. The van der Waals surface area contributed by atoms with Crippen LogP contribution in [0, 0.1) is 4.91 Å². The Morgan fingerprint density at radius 1 is 1.53 bits per heavy atom. The Hall–Kier alpha value is -2.17. The zero-order valence-corrected chi connectivity index (χ0v) is 8.12. The number of nitrogens with zero attached hydrogens (tertiary/aromatic N) is 3.